The quantitative estimate of drug-likeness (QED) is 0.866. The van der Waals surface area contributed by atoms with Gasteiger partial charge in [0.1, 0.15) is 6.10 Å². The summed E-state index contributed by atoms with van der Waals surface area (Å²) in [6, 6.07) is 1.30. The Morgan fingerprint density at radius 1 is 1.41 bits per heavy atom. The molecule has 0 spiro atoms. The van der Waals surface area contributed by atoms with Crippen LogP contribution in [0.1, 0.15) is 33.4 Å². The number of H-pyrrole nitrogens is 1. The highest BCUT2D eigenvalue weighted by Crippen LogP contribution is 2.41. The normalized spacial score (nSPS) is 22.7. The van der Waals surface area contributed by atoms with Crippen molar-refractivity contribution in [1.29, 1.82) is 0 Å². The van der Waals surface area contributed by atoms with E-state index in [0.29, 0.717) is 12.2 Å². The highest BCUT2D eigenvalue weighted by Gasteiger charge is 2.44. The number of aromatic nitrogens is 2. The van der Waals surface area contributed by atoms with Crippen molar-refractivity contribution in [2.24, 2.45) is 0 Å². The topological polar surface area (TPSA) is 73.3 Å². The summed E-state index contributed by atoms with van der Waals surface area (Å²) in [6.45, 7) is 14.6. The van der Waals surface area contributed by atoms with Crippen LogP contribution in [0.25, 0.3) is 0 Å². The molecule has 2 heterocycles. The molecule has 1 fully saturated rings. The number of nitrogens with one attached hydrogen (secondary N) is 1. The fraction of sp³-hybridized carbons (Fsp3) is 0.600. The van der Waals surface area contributed by atoms with E-state index in [0.717, 1.165) is 0 Å². The van der Waals surface area contributed by atoms with Crippen LogP contribution in [0.4, 0.5) is 0 Å². The standard InChI is InChI=1S/C15H24N2O4Si/c1-10-9-11(21-22(5,6)15(2,3)4)13(20-10)17-8-7-12(18)16-14(17)19/h7-8,11,13H,1,9H2,2-6H3,(H,16,18,19)/t11-,13-/m1/s1. The second-order valence-corrected chi connectivity index (χ2v) is 11.9. The van der Waals surface area contributed by atoms with Crippen LogP contribution >= 0.6 is 0 Å². The van der Waals surface area contributed by atoms with E-state index in [9.17, 15) is 9.59 Å². The lowest BCUT2D eigenvalue weighted by Gasteiger charge is -2.39. The molecular weight excluding hydrogens is 300 g/mol. The zero-order chi connectivity index (χ0) is 16.7. The first-order valence-corrected chi connectivity index (χ1v) is 10.3. The van der Waals surface area contributed by atoms with Crippen LogP contribution in [0.2, 0.25) is 18.1 Å². The Hall–Kier alpha value is -1.60. The van der Waals surface area contributed by atoms with Crippen LogP contribution in [-0.4, -0.2) is 24.0 Å². The molecule has 0 aromatic carbocycles. The highest BCUT2D eigenvalue weighted by molar-refractivity contribution is 6.74. The van der Waals surface area contributed by atoms with Gasteiger partial charge in [0.25, 0.3) is 5.56 Å². The van der Waals surface area contributed by atoms with Crippen molar-refractivity contribution in [3.8, 4) is 0 Å². The van der Waals surface area contributed by atoms with E-state index in [1.807, 2.05) is 0 Å². The molecule has 0 unspecified atom stereocenters. The van der Waals surface area contributed by atoms with Crippen LogP contribution in [0, 0.1) is 0 Å². The molecule has 6 nitrogen and oxygen atoms in total. The third-order valence-electron chi connectivity index (χ3n) is 4.41. The predicted molar refractivity (Wildman–Crippen MR) is 87.3 cm³/mol. The minimum absolute atomic E-state index is 0.0530. The molecule has 122 valence electrons. The first-order chi connectivity index (χ1) is 10.0. The maximum atomic E-state index is 12.0. The Bertz CT molecular complexity index is 684. The maximum absolute atomic E-state index is 12.0. The fourth-order valence-corrected chi connectivity index (χ4v) is 3.45. The van der Waals surface area contributed by atoms with Gasteiger partial charge in [-0.25, -0.2) is 4.79 Å². The third-order valence-corrected chi connectivity index (χ3v) is 8.92. The Kier molecular flexibility index (Phi) is 4.23. The summed E-state index contributed by atoms with van der Waals surface area (Å²) in [5.41, 5.74) is -0.934. The SMILES string of the molecule is C=C1C[C@@H](O[Si](C)(C)C(C)(C)C)[C@H](n2ccc(=O)[nH]c2=O)O1. The minimum atomic E-state index is -2.01. The minimum Gasteiger partial charge on any atom is -0.472 e. The molecule has 0 amide bonds. The summed E-state index contributed by atoms with van der Waals surface area (Å²) in [7, 11) is -2.01. The van der Waals surface area contributed by atoms with E-state index in [4.69, 9.17) is 9.16 Å². The van der Waals surface area contributed by atoms with Crippen molar-refractivity contribution in [1.82, 2.24) is 9.55 Å². The molecule has 1 aliphatic rings. The van der Waals surface area contributed by atoms with Crippen molar-refractivity contribution >= 4 is 8.32 Å². The lowest BCUT2D eigenvalue weighted by Crippen LogP contribution is -2.46. The number of hydrogen-bond acceptors (Lipinski definition) is 4. The second-order valence-electron chi connectivity index (χ2n) is 7.19. The van der Waals surface area contributed by atoms with Crippen molar-refractivity contribution in [3.63, 3.8) is 0 Å². The van der Waals surface area contributed by atoms with Gasteiger partial charge in [0.15, 0.2) is 8.32 Å². The largest absolute Gasteiger partial charge is 0.472 e. The maximum Gasteiger partial charge on any atom is 0.331 e. The molecule has 1 aromatic rings. The molecule has 1 saturated heterocycles. The summed E-state index contributed by atoms with van der Waals surface area (Å²) < 4.78 is 13.4. The number of ether oxygens (including phenoxy) is 1. The van der Waals surface area contributed by atoms with Crippen molar-refractivity contribution in [2.75, 3.05) is 0 Å². The Balaban J connectivity index is 2.33. The van der Waals surface area contributed by atoms with Crippen LogP contribution in [0.5, 0.6) is 0 Å². The number of aromatic amines is 1. The fourth-order valence-electron chi connectivity index (χ4n) is 2.14. The molecule has 0 saturated carbocycles. The molecule has 0 bridgehead atoms. The Labute approximate surface area is 130 Å². The summed E-state index contributed by atoms with van der Waals surface area (Å²) in [5, 5.41) is 0.0530. The van der Waals surface area contributed by atoms with Gasteiger partial charge in [-0.05, 0) is 18.1 Å². The van der Waals surface area contributed by atoms with E-state index < -0.39 is 25.8 Å². The van der Waals surface area contributed by atoms with Gasteiger partial charge < -0.3 is 9.16 Å². The van der Waals surface area contributed by atoms with Crippen LogP contribution < -0.4 is 11.2 Å². The summed E-state index contributed by atoms with van der Waals surface area (Å²) >= 11 is 0. The summed E-state index contributed by atoms with van der Waals surface area (Å²) in [4.78, 5) is 25.4. The van der Waals surface area contributed by atoms with E-state index in [-0.39, 0.29) is 11.1 Å². The zero-order valence-corrected chi connectivity index (χ0v) is 14.8. The van der Waals surface area contributed by atoms with Crippen molar-refractivity contribution in [3.05, 3.63) is 45.4 Å². The zero-order valence-electron chi connectivity index (χ0n) is 13.8. The van der Waals surface area contributed by atoms with Crippen LogP contribution in [0.3, 0.4) is 0 Å². The van der Waals surface area contributed by atoms with Gasteiger partial charge in [0.05, 0.1) is 5.76 Å². The third kappa shape index (κ3) is 3.25. The molecule has 2 rings (SSSR count). The second kappa shape index (κ2) is 5.55. The predicted octanol–water partition coefficient (Wildman–Crippen LogP) is 2.36. The monoisotopic (exact) mass is 324 g/mol. The number of nitrogens with zero attached hydrogens (tertiary/aromatic N) is 1. The molecule has 1 aromatic heterocycles. The van der Waals surface area contributed by atoms with Gasteiger partial charge in [0, 0.05) is 18.7 Å². The average Bonchev–Trinajstić information content (AvgIpc) is 2.67. The van der Waals surface area contributed by atoms with Gasteiger partial charge >= 0.3 is 5.69 Å². The summed E-state index contributed by atoms with van der Waals surface area (Å²) in [5.74, 6) is 0.590. The average molecular weight is 324 g/mol. The van der Waals surface area contributed by atoms with Crippen molar-refractivity contribution in [2.45, 2.75) is 57.7 Å². The molecule has 22 heavy (non-hydrogen) atoms. The van der Waals surface area contributed by atoms with Gasteiger partial charge in [-0.2, -0.15) is 0 Å². The molecule has 1 aliphatic heterocycles. The number of hydrogen-bond donors (Lipinski definition) is 1. The lowest BCUT2D eigenvalue weighted by atomic mass is 10.2. The molecular formula is C15H24N2O4Si. The van der Waals surface area contributed by atoms with E-state index in [1.54, 1.807) is 0 Å². The molecule has 1 N–H and O–H groups in total. The van der Waals surface area contributed by atoms with E-state index in [2.05, 4.69) is 45.4 Å². The van der Waals surface area contributed by atoms with Gasteiger partial charge in [-0.1, -0.05) is 27.4 Å². The van der Waals surface area contributed by atoms with Crippen molar-refractivity contribution < 1.29 is 9.16 Å². The van der Waals surface area contributed by atoms with Gasteiger partial charge in [0.2, 0.25) is 6.23 Å². The Morgan fingerprint density at radius 2 is 2.05 bits per heavy atom. The molecule has 2 atom stereocenters. The number of rotatable bonds is 3. The summed E-state index contributed by atoms with van der Waals surface area (Å²) in [6.07, 6.45) is 1.11. The molecule has 7 heteroatoms. The smallest absolute Gasteiger partial charge is 0.331 e. The van der Waals surface area contributed by atoms with Gasteiger partial charge in [-0.15, -0.1) is 0 Å². The van der Waals surface area contributed by atoms with Crippen LogP contribution in [-0.2, 0) is 9.16 Å². The first-order valence-electron chi connectivity index (χ1n) is 7.35. The highest BCUT2D eigenvalue weighted by atomic mass is 28.4. The van der Waals surface area contributed by atoms with E-state index in [1.165, 1.54) is 16.8 Å². The molecule has 0 aliphatic carbocycles. The lowest BCUT2D eigenvalue weighted by molar-refractivity contribution is 0.0115. The first kappa shape index (κ1) is 16.8. The van der Waals surface area contributed by atoms with Crippen LogP contribution in [0.15, 0.2) is 34.2 Å². The Morgan fingerprint density at radius 3 is 2.59 bits per heavy atom. The molecule has 0 radical (unpaired) electrons. The van der Waals surface area contributed by atoms with Gasteiger partial charge in [-0.3, -0.25) is 14.3 Å². The van der Waals surface area contributed by atoms with E-state index >= 15 is 0 Å².